The van der Waals surface area contributed by atoms with Crippen molar-refractivity contribution in [3.05, 3.63) is 77.9 Å². The molecule has 3 aromatic carbocycles. The van der Waals surface area contributed by atoms with Gasteiger partial charge in [0.25, 0.3) is 0 Å². The first kappa shape index (κ1) is 19.2. The average molecular weight is 376 g/mol. The number of ether oxygens (including phenoxy) is 3. The van der Waals surface area contributed by atoms with Gasteiger partial charge in [-0.3, -0.25) is 9.59 Å². The summed E-state index contributed by atoms with van der Waals surface area (Å²) >= 11 is 0. The lowest BCUT2D eigenvalue weighted by Gasteiger charge is -2.12. The molecule has 0 aromatic heterocycles. The second-order valence-electron chi connectivity index (χ2n) is 6.09. The van der Waals surface area contributed by atoms with Gasteiger partial charge in [0.15, 0.2) is 5.78 Å². The Morgan fingerprint density at radius 2 is 1.29 bits per heavy atom. The van der Waals surface area contributed by atoms with Crippen LogP contribution in [0.15, 0.2) is 66.7 Å². The van der Waals surface area contributed by atoms with Crippen molar-refractivity contribution >= 4 is 11.8 Å². The monoisotopic (exact) mass is 376 g/mol. The SMILES string of the molecule is COc1ccc(C(=O)c2ccc(OC)cc2-c2ccc(OC(C)=O)cc2)cc1. The van der Waals surface area contributed by atoms with E-state index in [0.29, 0.717) is 28.4 Å². The Morgan fingerprint density at radius 1 is 0.714 bits per heavy atom. The fourth-order valence-corrected chi connectivity index (χ4v) is 2.85. The molecule has 0 fully saturated rings. The number of esters is 1. The summed E-state index contributed by atoms with van der Waals surface area (Å²) < 4.78 is 15.6. The normalized spacial score (nSPS) is 10.2. The Balaban J connectivity index is 2.02. The average Bonchev–Trinajstić information content (AvgIpc) is 2.73. The lowest BCUT2D eigenvalue weighted by molar-refractivity contribution is -0.131. The predicted octanol–water partition coefficient (Wildman–Crippen LogP) is 4.53. The van der Waals surface area contributed by atoms with E-state index in [-0.39, 0.29) is 11.8 Å². The van der Waals surface area contributed by atoms with Crippen molar-refractivity contribution in [3.63, 3.8) is 0 Å². The number of rotatable bonds is 6. The Morgan fingerprint density at radius 3 is 1.86 bits per heavy atom. The van der Waals surface area contributed by atoms with E-state index < -0.39 is 0 Å². The van der Waals surface area contributed by atoms with Crippen LogP contribution in [0.5, 0.6) is 17.2 Å². The molecular formula is C23H20O5. The molecule has 3 aromatic rings. The van der Waals surface area contributed by atoms with Gasteiger partial charge in [0.05, 0.1) is 14.2 Å². The maximum atomic E-state index is 13.1. The van der Waals surface area contributed by atoms with Crippen LogP contribution >= 0.6 is 0 Å². The molecule has 0 amide bonds. The van der Waals surface area contributed by atoms with E-state index in [0.717, 1.165) is 11.1 Å². The van der Waals surface area contributed by atoms with Gasteiger partial charge in [-0.05, 0) is 65.7 Å². The van der Waals surface area contributed by atoms with Gasteiger partial charge in [-0.1, -0.05) is 12.1 Å². The maximum absolute atomic E-state index is 13.1. The fraction of sp³-hybridized carbons (Fsp3) is 0.130. The minimum Gasteiger partial charge on any atom is -0.497 e. The summed E-state index contributed by atoms with van der Waals surface area (Å²) in [6, 6.07) is 19.3. The van der Waals surface area contributed by atoms with Crippen LogP contribution in [0.2, 0.25) is 0 Å². The third-order valence-electron chi connectivity index (χ3n) is 4.25. The maximum Gasteiger partial charge on any atom is 0.308 e. The number of hydrogen-bond donors (Lipinski definition) is 0. The van der Waals surface area contributed by atoms with Gasteiger partial charge >= 0.3 is 5.97 Å². The number of carbonyl (C=O) groups excluding carboxylic acids is 2. The van der Waals surface area contributed by atoms with Crippen LogP contribution in [0, 0.1) is 0 Å². The molecule has 3 rings (SSSR count). The van der Waals surface area contributed by atoms with Crippen LogP contribution in [0.4, 0.5) is 0 Å². The van der Waals surface area contributed by atoms with E-state index in [2.05, 4.69) is 0 Å². The molecule has 5 nitrogen and oxygen atoms in total. The highest BCUT2D eigenvalue weighted by Gasteiger charge is 2.16. The quantitative estimate of drug-likeness (QED) is 0.359. The predicted molar refractivity (Wildman–Crippen MR) is 106 cm³/mol. The highest BCUT2D eigenvalue weighted by Crippen LogP contribution is 2.31. The van der Waals surface area contributed by atoms with Crippen LogP contribution in [0.1, 0.15) is 22.8 Å². The van der Waals surface area contributed by atoms with E-state index in [1.807, 2.05) is 6.07 Å². The number of benzene rings is 3. The highest BCUT2D eigenvalue weighted by molar-refractivity contribution is 6.13. The minimum absolute atomic E-state index is 0.107. The summed E-state index contributed by atoms with van der Waals surface area (Å²) in [7, 11) is 3.16. The van der Waals surface area contributed by atoms with E-state index in [4.69, 9.17) is 14.2 Å². The third-order valence-corrected chi connectivity index (χ3v) is 4.25. The molecule has 0 aliphatic heterocycles. The van der Waals surface area contributed by atoms with Gasteiger partial charge in [0.1, 0.15) is 17.2 Å². The largest absolute Gasteiger partial charge is 0.497 e. The first-order chi connectivity index (χ1) is 13.5. The smallest absolute Gasteiger partial charge is 0.308 e. The number of methoxy groups -OCH3 is 2. The van der Waals surface area contributed by atoms with Gasteiger partial charge in [0, 0.05) is 18.1 Å². The Labute approximate surface area is 163 Å². The topological polar surface area (TPSA) is 61.8 Å². The summed E-state index contributed by atoms with van der Waals surface area (Å²) in [5, 5.41) is 0. The molecule has 5 heteroatoms. The van der Waals surface area contributed by atoms with Crippen LogP contribution in [-0.2, 0) is 4.79 Å². The number of carbonyl (C=O) groups is 2. The second kappa shape index (κ2) is 8.39. The molecule has 0 atom stereocenters. The zero-order valence-electron chi connectivity index (χ0n) is 15.9. The van der Waals surface area contributed by atoms with Crippen molar-refractivity contribution in [2.45, 2.75) is 6.92 Å². The molecule has 0 N–H and O–H groups in total. The summed E-state index contributed by atoms with van der Waals surface area (Å²) in [6.45, 7) is 1.35. The summed E-state index contributed by atoms with van der Waals surface area (Å²) in [6.07, 6.45) is 0. The number of hydrogen-bond acceptors (Lipinski definition) is 5. The lowest BCUT2D eigenvalue weighted by Crippen LogP contribution is -2.04. The van der Waals surface area contributed by atoms with Crippen LogP contribution in [-0.4, -0.2) is 26.0 Å². The van der Waals surface area contributed by atoms with Crippen molar-refractivity contribution in [1.29, 1.82) is 0 Å². The second-order valence-corrected chi connectivity index (χ2v) is 6.09. The molecule has 0 saturated heterocycles. The summed E-state index contributed by atoms with van der Waals surface area (Å²) in [5.74, 6) is 1.29. The van der Waals surface area contributed by atoms with Gasteiger partial charge in [-0.15, -0.1) is 0 Å². The van der Waals surface area contributed by atoms with Gasteiger partial charge in [-0.25, -0.2) is 0 Å². The van der Waals surface area contributed by atoms with Crippen molar-refractivity contribution in [1.82, 2.24) is 0 Å². The zero-order chi connectivity index (χ0) is 20.1. The van der Waals surface area contributed by atoms with Gasteiger partial charge < -0.3 is 14.2 Å². The van der Waals surface area contributed by atoms with Crippen LogP contribution < -0.4 is 14.2 Å². The van der Waals surface area contributed by atoms with E-state index in [1.165, 1.54) is 6.92 Å². The molecule has 0 saturated carbocycles. The fourth-order valence-electron chi connectivity index (χ4n) is 2.85. The highest BCUT2D eigenvalue weighted by atomic mass is 16.5. The molecule has 0 aliphatic carbocycles. The van der Waals surface area contributed by atoms with Crippen molar-refractivity contribution in [2.75, 3.05) is 14.2 Å². The zero-order valence-corrected chi connectivity index (χ0v) is 15.9. The molecule has 0 spiro atoms. The molecule has 0 unspecified atom stereocenters. The van der Waals surface area contributed by atoms with E-state index >= 15 is 0 Å². The molecular weight excluding hydrogens is 356 g/mol. The first-order valence-electron chi connectivity index (χ1n) is 8.67. The van der Waals surface area contributed by atoms with E-state index in [1.54, 1.807) is 74.9 Å². The molecule has 0 bridgehead atoms. The van der Waals surface area contributed by atoms with Crippen LogP contribution in [0.25, 0.3) is 11.1 Å². The van der Waals surface area contributed by atoms with Gasteiger partial charge in [0.2, 0.25) is 0 Å². The van der Waals surface area contributed by atoms with Crippen molar-refractivity contribution in [3.8, 4) is 28.4 Å². The Hall–Kier alpha value is -3.60. The molecule has 0 heterocycles. The molecule has 0 radical (unpaired) electrons. The number of ketones is 1. The standard InChI is InChI=1S/C23H20O5/c1-15(24)28-19-10-4-16(5-11-19)22-14-20(27-3)12-13-21(22)23(25)17-6-8-18(26-2)9-7-17/h4-14H,1-3H3. The lowest BCUT2D eigenvalue weighted by atomic mass is 9.93. The van der Waals surface area contributed by atoms with Crippen molar-refractivity contribution < 1.29 is 23.8 Å². The van der Waals surface area contributed by atoms with Gasteiger partial charge in [-0.2, -0.15) is 0 Å². The summed E-state index contributed by atoms with van der Waals surface area (Å²) in [4.78, 5) is 24.2. The first-order valence-corrected chi connectivity index (χ1v) is 8.67. The third kappa shape index (κ3) is 4.20. The summed E-state index contributed by atoms with van der Waals surface area (Å²) in [5.41, 5.74) is 2.65. The Kier molecular flexibility index (Phi) is 5.75. The molecule has 0 aliphatic rings. The van der Waals surface area contributed by atoms with E-state index in [9.17, 15) is 9.59 Å². The van der Waals surface area contributed by atoms with Crippen molar-refractivity contribution in [2.24, 2.45) is 0 Å². The Bertz CT molecular complexity index is 989. The molecule has 142 valence electrons. The molecule has 28 heavy (non-hydrogen) atoms. The van der Waals surface area contributed by atoms with Crippen LogP contribution in [0.3, 0.4) is 0 Å². The minimum atomic E-state index is -0.385.